The van der Waals surface area contributed by atoms with Gasteiger partial charge in [0, 0.05) is 16.4 Å². The number of carbonyl (C=O) groups is 1. The summed E-state index contributed by atoms with van der Waals surface area (Å²) in [7, 11) is 0. The Morgan fingerprint density at radius 2 is 1.74 bits per heavy atom. The summed E-state index contributed by atoms with van der Waals surface area (Å²) in [5, 5.41) is 13.2. The summed E-state index contributed by atoms with van der Waals surface area (Å²) in [6.45, 7) is 10.2. The van der Waals surface area contributed by atoms with E-state index in [4.69, 9.17) is 11.6 Å². The lowest BCUT2D eigenvalue weighted by Gasteiger charge is -2.32. The van der Waals surface area contributed by atoms with Gasteiger partial charge >= 0.3 is 0 Å². The molecule has 2 aromatic carbocycles. The molecule has 2 atom stereocenters. The molecular weight excluding hydrogens is 466 g/mol. The van der Waals surface area contributed by atoms with Crippen molar-refractivity contribution >= 4 is 35.0 Å². The summed E-state index contributed by atoms with van der Waals surface area (Å²) in [4.78, 5) is 15.5. The van der Waals surface area contributed by atoms with Crippen molar-refractivity contribution in [3.05, 3.63) is 64.4 Å². The van der Waals surface area contributed by atoms with E-state index < -0.39 is 0 Å². The van der Waals surface area contributed by atoms with Crippen LogP contribution in [-0.4, -0.2) is 43.9 Å². The van der Waals surface area contributed by atoms with Crippen molar-refractivity contribution in [3.8, 4) is 5.69 Å². The molecule has 2 heterocycles. The molecule has 0 spiro atoms. The number of anilines is 1. The molecule has 1 aliphatic heterocycles. The van der Waals surface area contributed by atoms with Gasteiger partial charge in [-0.1, -0.05) is 41.9 Å². The highest BCUT2D eigenvalue weighted by molar-refractivity contribution is 8.00. The molecule has 6 nitrogen and oxygen atoms in total. The number of aromatic nitrogens is 3. The Balaban J connectivity index is 1.60. The molecule has 34 heavy (non-hydrogen) atoms. The molecule has 0 aliphatic carbocycles. The van der Waals surface area contributed by atoms with Crippen LogP contribution in [0.3, 0.4) is 0 Å². The molecule has 1 aliphatic rings. The van der Waals surface area contributed by atoms with Gasteiger partial charge in [0.15, 0.2) is 11.0 Å². The number of benzene rings is 2. The molecule has 0 bridgehead atoms. The van der Waals surface area contributed by atoms with Crippen molar-refractivity contribution in [1.29, 1.82) is 0 Å². The number of nitrogens with one attached hydrogen (secondary N) is 1. The van der Waals surface area contributed by atoms with E-state index in [2.05, 4.69) is 31.9 Å². The highest BCUT2D eigenvalue weighted by atomic mass is 35.5. The summed E-state index contributed by atoms with van der Waals surface area (Å²) >= 11 is 7.57. The summed E-state index contributed by atoms with van der Waals surface area (Å²) in [5.74, 6) is 0.823. The first-order valence-corrected chi connectivity index (χ1v) is 13.1. The van der Waals surface area contributed by atoms with E-state index in [0.29, 0.717) is 10.2 Å². The highest BCUT2D eigenvalue weighted by Gasteiger charge is 2.27. The van der Waals surface area contributed by atoms with Gasteiger partial charge in [0.05, 0.1) is 11.3 Å². The van der Waals surface area contributed by atoms with E-state index in [1.54, 1.807) is 0 Å². The van der Waals surface area contributed by atoms with Crippen LogP contribution in [-0.2, 0) is 4.79 Å². The summed E-state index contributed by atoms with van der Waals surface area (Å²) in [6.07, 6.45) is 3.69. The Morgan fingerprint density at radius 1 is 1.03 bits per heavy atom. The maximum atomic E-state index is 13.0. The number of rotatable bonds is 7. The zero-order valence-electron chi connectivity index (χ0n) is 20.2. The van der Waals surface area contributed by atoms with Gasteiger partial charge in [0.2, 0.25) is 5.91 Å². The number of amides is 1. The van der Waals surface area contributed by atoms with Crippen LogP contribution in [0.15, 0.2) is 47.6 Å². The number of likely N-dealkylation sites (tertiary alicyclic amines) is 1. The lowest BCUT2D eigenvalue weighted by atomic mass is 10.1. The third-order valence-corrected chi connectivity index (χ3v) is 7.65. The fourth-order valence-electron chi connectivity index (χ4n) is 4.25. The molecule has 1 saturated heterocycles. The first-order chi connectivity index (χ1) is 16.3. The molecule has 2 unspecified atom stereocenters. The van der Waals surface area contributed by atoms with Crippen molar-refractivity contribution < 1.29 is 4.79 Å². The number of halogens is 1. The molecular formula is C26H32ClN5OS. The van der Waals surface area contributed by atoms with Gasteiger partial charge < -0.3 is 5.32 Å². The zero-order valence-corrected chi connectivity index (χ0v) is 21.8. The number of piperidine rings is 1. The van der Waals surface area contributed by atoms with Gasteiger partial charge in [-0.3, -0.25) is 14.3 Å². The maximum absolute atomic E-state index is 13.0. The normalized spacial score (nSPS) is 16.3. The Bertz CT molecular complexity index is 1140. The average molecular weight is 498 g/mol. The molecule has 8 heteroatoms. The number of hydrogen-bond donors (Lipinski definition) is 1. The molecule has 0 saturated carbocycles. The van der Waals surface area contributed by atoms with E-state index in [1.807, 2.05) is 63.2 Å². The van der Waals surface area contributed by atoms with Crippen molar-refractivity contribution in [3.63, 3.8) is 0 Å². The van der Waals surface area contributed by atoms with Crippen LogP contribution in [0.4, 0.5) is 5.69 Å². The maximum Gasteiger partial charge on any atom is 0.237 e. The van der Waals surface area contributed by atoms with Gasteiger partial charge in [-0.05, 0) is 95.1 Å². The summed E-state index contributed by atoms with van der Waals surface area (Å²) in [6, 6.07) is 13.9. The van der Waals surface area contributed by atoms with Gasteiger partial charge in [-0.15, -0.1) is 10.2 Å². The predicted molar refractivity (Wildman–Crippen MR) is 140 cm³/mol. The van der Waals surface area contributed by atoms with Crippen LogP contribution in [0, 0.1) is 13.8 Å². The van der Waals surface area contributed by atoms with E-state index >= 15 is 0 Å². The fraction of sp³-hybridized carbons (Fsp3) is 0.423. The minimum Gasteiger partial charge on any atom is -0.325 e. The minimum atomic E-state index is -0.353. The molecule has 4 rings (SSSR count). The van der Waals surface area contributed by atoms with Crippen molar-refractivity contribution in [2.75, 3.05) is 18.4 Å². The lowest BCUT2D eigenvalue weighted by molar-refractivity contribution is -0.115. The molecule has 1 aromatic heterocycles. The fourth-order valence-corrected chi connectivity index (χ4v) is 5.25. The van der Waals surface area contributed by atoms with Crippen LogP contribution < -0.4 is 5.32 Å². The van der Waals surface area contributed by atoms with Gasteiger partial charge in [-0.2, -0.15) is 0 Å². The SMILES string of the molecule is Cc1ccc(C)c(NC(=O)C(C)Sc2nnc(C(C)N3CCCCC3)n2-c2ccc(Cl)cc2)c1. The highest BCUT2D eigenvalue weighted by Crippen LogP contribution is 2.32. The van der Waals surface area contributed by atoms with E-state index in [9.17, 15) is 4.79 Å². The van der Waals surface area contributed by atoms with Crippen LogP contribution >= 0.6 is 23.4 Å². The third kappa shape index (κ3) is 5.65. The zero-order chi connectivity index (χ0) is 24.2. The largest absolute Gasteiger partial charge is 0.325 e. The molecule has 3 aromatic rings. The third-order valence-electron chi connectivity index (χ3n) is 6.36. The standard InChI is InChI=1S/C26H32ClN5OS/c1-17-8-9-18(2)23(16-17)28-25(33)20(4)34-26-30-29-24(19(3)31-14-6-5-7-15-31)32(26)22-12-10-21(27)11-13-22/h8-13,16,19-20H,5-7,14-15H2,1-4H3,(H,28,33). The Labute approximate surface area is 211 Å². The second kappa shape index (κ2) is 10.9. The minimum absolute atomic E-state index is 0.0602. The Kier molecular flexibility index (Phi) is 7.96. The molecule has 1 amide bonds. The number of aryl methyl sites for hydroxylation is 2. The van der Waals surface area contributed by atoms with Crippen LogP contribution in [0.5, 0.6) is 0 Å². The second-order valence-corrected chi connectivity index (χ2v) is 10.7. The Hall–Kier alpha value is -2.35. The molecule has 0 radical (unpaired) electrons. The quantitative estimate of drug-likeness (QED) is 0.393. The van der Waals surface area contributed by atoms with Gasteiger partial charge in [-0.25, -0.2) is 0 Å². The molecule has 180 valence electrons. The smallest absolute Gasteiger partial charge is 0.237 e. The second-order valence-electron chi connectivity index (χ2n) is 8.99. The van der Waals surface area contributed by atoms with Crippen LogP contribution in [0.25, 0.3) is 5.69 Å². The van der Waals surface area contributed by atoms with Crippen LogP contribution in [0.2, 0.25) is 5.02 Å². The van der Waals surface area contributed by atoms with Crippen molar-refractivity contribution in [2.24, 2.45) is 0 Å². The predicted octanol–water partition coefficient (Wildman–Crippen LogP) is 6.20. The molecule has 1 fully saturated rings. The Morgan fingerprint density at radius 3 is 2.44 bits per heavy atom. The van der Waals surface area contributed by atoms with Gasteiger partial charge in [0.1, 0.15) is 0 Å². The molecule has 1 N–H and O–H groups in total. The summed E-state index contributed by atoms with van der Waals surface area (Å²) in [5.41, 5.74) is 3.94. The number of thioether (sulfide) groups is 1. The van der Waals surface area contributed by atoms with E-state index in [0.717, 1.165) is 41.4 Å². The lowest BCUT2D eigenvalue weighted by Crippen LogP contribution is -2.33. The number of hydrogen-bond acceptors (Lipinski definition) is 5. The van der Waals surface area contributed by atoms with Crippen molar-refractivity contribution in [2.45, 2.75) is 63.4 Å². The average Bonchev–Trinajstić information content (AvgIpc) is 3.25. The summed E-state index contributed by atoms with van der Waals surface area (Å²) < 4.78 is 2.07. The first-order valence-electron chi connectivity index (χ1n) is 11.8. The monoisotopic (exact) mass is 497 g/mol. The van der Waals surface area contributed by atoms with E-state index in [-0.39, 0.29) is 17.2 Å². The number of carbonyl (C=O) groups excluding carboxylic acids is 1. The van der Waals surface area contributed by atoms with Gasteiger partial charge in [0.25, 0.3) is 0 Å². The van der Waals surface area contributed by atoms with Crippen molar-refractivity contribution in [1.82, 2.24) is 19.7 Å². The number of nitrogens with zero attached hydrogens (tertiary/aromatic N) is 4. The topological polar surface area (TPSA) is 63.1 Å². The van der Waals surface area contributed by atoms with Crippen LogP contribution in [0.1, 0.15) is 56.1 Å². The van der Waals surface area contributed by atoms with E-state index in [1.165, 1.54) is 31.0 Å². The first kappa shape index (κ1) is 24.8.